The monoisotopic (exact) mass is 280 g/mol. The van der Waals surface area contributed by atoms with Crippen LogP contribution in [0.1, 0.15) is 11.3 Å². The minimum absolute atomic E-state index is 0.00550. The number of nitrogens with zero attached hydrogens (tertiary/aromatic N) is 3. The minimum Gasteiger partial charge on any atom is -0.375 e. The molecular formula is C12H13ClN4O2. The maximum atomic E-state index is 10.9. The van der Waals surface area contributed by atoms with Gasteiger partial charge >= 0.3 is 0 Å². The summed E-state index contributed by atoms with van der Waals surface area (Å²) in [6.07, 6.45) is 1.73. The Hall–Kier alpha value is -2.08. The average molecular weight is 281 g/mol. The number of hydrogen-bond acceptors (Lipinski definition) is 4. The molecule has 0 amide bonds. The van der Waals surface area contributed by atoms with Crippen molar-refractivity contribution < 1.29 is 4.92 Å². The van der Waals surface area contributed by atoms with E-state index in [0.29, 0.717) is 17.3 Å². The zero-order valence-corrected chi connectivity index (χ0v) is 11.3. The predicted molar refractivity (Wildman–Crippen MR) is 73.4 cm³/mol. The maximum absolute atomic E-state index is 10.9. The van der Waals surface area contributed by atoms with Gasteiger partial charge < -0.3 is 5.32 Å². The normalized spacial score (nSPS) is 10.5. The summed E-state index contributed by atoms with van der Waals surface area (Å²) in [7, 11) is 1.85. The van der Waals surface area contributed by atoms with Crippen molar-refractivity contribution in [1.82, 2.24) is 9.78 Å². The second-order valence-corrected chi connectivity index (χ2v) is 4.59. The molecule has 0 saturated heterocycles. The van der Waals surface area contributed by atoms with Gasteiger partial charge in [0.05, 0.1) is 11.1 Å². The van der Waals surface area contributed by atoms with Gasteiger partial charge in [0.1, 0.15) is 5.69 Å². The molecule has 2 aromatic rings. The van der Waals surface area contributed by atoms with Crippen molar-refractivity contribution in [2.24, 2.45) is 7.05 Å². The molecular weight excluding hydrogens is 268 g/mol. The average Bonchev–Trinajstić information content (AvgIpc) is 2.67. The van der Waals surface area contributed by atoms with Crippen molar-refractivity contribution in [2.75, 3.05) is 5.32 Å². The minimum atomic E-state index is -0.436. The predicted octanol–water partition coefficient (Wildman–Crippen LogP) is 2.90. The molecule has 0 radical (unpaired) electrons. The van der Waals surface area contributed by atoms with Crippen LogP contribution in [0.2, 0.25) is 5.02 Å². The molecule has 0 atom stereocenters. The third kappa shape index (κ3) is 2.85. The highest BCUT2D eigenvalue weighted by Gasteiger charge is 2.14. The summed E-state index contributed by atoms with van der Waals surface area (Å²) in [5.41, 5.74) is 2.40. The number of aryl methyl sites for hydroxylation is 1. The highest BCUT2D eigenvalue weighted by atomic mass is 35.5. The Morgan fingerprint density at radius 3 is 2.84 bits per heavy atom. The molecule has 0 spiro atoms. The molecule has 1 heterocycles. The van der Waals surface area contributed by atoms with Crippen LogP contribution in [0.4, 0.5) is 11.4 Å². The Bertz CT molecular complexity index is 624. The lowest BCUT2D eigenvalue weighted by atomic mass is 10.2. The molecule has 0 bridgehead atoms. The van der Waals surface area contributed by atoms with Crippen molar-refractivity contribution in [3.8, 4) is 0 Å². The van der Waals surface area contributed by atoms with Gasteiger partial charge in [-0.05, 0) is 19.1 Å². The van der Waals surface area contributed by atoms with Crippen LogP contribution in [0.3, 0.4) is 0 Å². The summed E-state index contributed by atoms with van der Waals surface area (Å²) in [6.45, 7) is 2.40. The third-order valence-electron chi connectivity index (χ3n) is 2.96. The van der Waals surface area contributed by atoms with Crippen LogP contribution >= 0.6 is 11.6 Å². The van der Waals surface area contributed by atoms with Crippen LogP contribution in [0.15, 0.2) is 24.4 Å². The van der Waals surface area contributed by atoms with E-state index in [-0.39, 0.29) is 5.69 Å². The van der Waals surface area contributed by atoms with Crippen LogP contribution in [-0.2, 0) is 13.6 Å². The molecule has 0 aliphatic heterocycles. The van der Waals surface area contributed by atoms with E-state index in [0.717, 1.165) is 11.3 Å². The summed E-state index contributed by atoms with van der Waals surface area (Å²) < 4.78 is 1.75. The van der Waals surface area contributed by atoms with Crippen LogP contribution in [-0.4, -0.2) is 14.7 Å². The van der Waals surface area contributed by atoms with Gasteiger partial charge in [0.25, 0.3) is 5.69 Å². The lowest BCUT2D eigenvalue weighted by molar-refractivity contribution is -0.384. The van der Waals surface area contributed by atoms with E-state index in [2.05, 4.69) is 10.4 Å². The highest BCUT2D eigenvalue weighted by Crippen LogP contribution is 2.28. The van der Waals surface area contributed by atoms with Crippen LogP contribution in [0.25, 0.3) is 0 Å². The Balaban J connectivity index is 2.21. The summed E-state index contributed by atoms with van der Waals surface area (Å²) in [5, 5.41) is 18.5. The lowest BCUT2D eigenvalue weighted by Gasteiger charge is -2.07. The summed E-state index contributed by atoms with van der Waals surface area (Å²) >= 11 is 5.86. The number of hydrogen-bond donors (Lipinski definition) is 1. The maximum Gasteiger partial charge on any atom is 0.292 e. The second-order valence-electron chi connectivity index (χ2n) is 4.15. The third-order valence-corrected chi connectivity index (χ3v) is 3.20. The number of halogens is 1. The van der Waals surface area contributed by atoms with E-state index in [9.17, 15) is 10.1 Å². The fraction of sp³-hybridized carbons (Fsp3) is 0.250. The Labute approximate surface area is 115 Å². The Morgan fingerprint density at radius 2 is 2.26 bits per heavy atom. The van der Waals surface area contributed by atoms with Gasteiger partial charge in [-0.2, -0.15) is 5.10 Å². The number of anilines is 1. The van der Waals surface area contributed by atoms with E-state index in [4.69, 9.17) is 11.6 Å². The van der Waals surface area contributed by atoms with Crippen molar-refractivity contribution in [3.05, 3.63) is 50.8 Å². The largest absolute Gasteiger partial charge is 0.375 e. The fourth-order valence-corrected chi connectivity index (χ4v) is 1.89. The molecule has 0 saturated carbocycles. The molecule has 100 valence electrons. The van der Waals surface area contributed by atoms with Gasteiger partial charge in [0, 0.05) is 35.9 Å². The first-order chi connectivity index (χ1) is 8.99. The first kappa shape index (κ1) is 13.4. The first-order valence-electron chi connectivity index (χ1n) is 5.64. The number of nitro benzene ring substituents is 1. The second kappa shape index (κ2) is 5.27. The number of benzene rings is 1. The summed E-state index contributed by atoms with van der Waals surface area (Å²) in [6, 6.07) is 4.44. The van der Waals surface area contributed by atoms with E-state index < -0.39 is 4.92 Å². The fourth-order valence-electron chi connectivity index (χ4n) is 1.72. The Kier molecular flexibility index (Phi) is 3.71. The highest BCUT2D eigenvalue weighted by molar-refractivity contribution is 6.31. The van der Waals surface area contributed by atoms with Gasteiger partial charge in [-0.15, -0.1) is 0 Å². The molecule has 1 N–H and O–H groups in total. The summed E-state index contributed by atoms with van der Waals surface area (Å²) in [5.74, 6) is 0. The van der Waals surface area contributed by atoms with Gasteiger partial charge in [-0.25, -0.2) is 0 Å². The van der Waals surface area contributed by atoms with Gasteiger partial charge in [-0.3, -0.25) is 14.8 Å². The summed E-state index contributed by atoms with van der Waals surface area (Å²) in [4.78, 5) is 10.5. The van der Waals surface area contributed by atoms with Crippen molar-refractivity contribution in [1.29, 1.82) is 0 Å². The van der Waals surface area contributed by atoms with E-state index in [1.165, 1.54) is 12.1 Å². The smallest absolute Gasteiger partial charge is 0.292 e. The number of nitrogens with one attached hydrogen (secondary N) is 1. The molecule has 0 unspecified atom stereocenters. The molecule has 2 rings (SSSR count). The van der Waals surface area contributed by atoms with E-state index >= 15 is 0 Å². The number of nitro groups is 1. The van der Waals surface area contributed by atoms with E-state index in [1.54, 1.807) is 16.9 Å². The molecule has 7 heteroatoms. The molecule has 19 heavy (non-hydrogen) atoms. The zero-order chi connectivity index (χ0) is 14.0. The van der Waals surface area contributed by atoms with Gasteiger partial charge in [0.2, 0.25) is 0 Å². The number of aromatic nitrogens is 2. The molecule has 0 aliphatic rings. The molecule has 6 nitrogen and oxygen atoms in total. The van der Waals surface area contributed by atoms with Crippen molar-refractivity contribution >= 4 is 23.0 Å². The quantitative estimate of drug-likeness (QED) is 0.690. The SMILES string of the molecule is Cc1c(CNc2cc(Cl)ccc2[N+](=O)[O-])cnn1C. The van der Waals surface area contributed by atoms with Gasteiger partial charge in [0.15, 0.2) is 0 Å². The van der Waals surface area contributed by atoms with Gasteiger partial charge in [-0.1, -0.05) is 11.6 Å². The Morgan fingerprint density at radius 1 is 1.53 bits per heavy atom. The van der Waals surface area contributed by atoms with Crippen LogP contribution in [0.5, 0.6) is 0 Å². The standard InChI is InChI=1S/C12H13ClN4O2/c1-8-9(7-15-16(8)2)6-14-11-5-10(13)3-4-12(11)17(18)19/h3-5,7,14H,6H2,1-2H3. The van der Waals surface area contributed by atoms with Crippen molar-refractivity contribution in [3.63, 3.8) is 0 Å². The molecule has 0 aliphatic carbocycles. The molecule has 0 fully saturated rings. The number of rotatable bonds is 4. The topological polar surface area (TPSA) is 73.0 Å². The lowest BCUT2D eigenvalue weighted by Crippen LogP contribution is -2.04. The first-order valence-corrected chi connectivity index (χ1v) is 6.02. The van der Waals surface area contributed by atoms with E-state index in [1.807, 2.05) is 14.0 Å². The zero-order valence-electron chi connectivity index (χ0n) is 10.6. The van der Waals surface area contributed by atoms with Crippen molar-refractivity contribution in [2.45, 2.75) is 13.5 Å². The molecule has 1 aromatic carbocycles. The van der Waals surface area contributed by atoms with Crippen LogP contribution < -0.4 is 5.32 Å². The van der Waals surface area contributed by atoms with Crippen LogP contribution in [0, 0.1) is 17.0 Å². The molecule has 1 aromatic heterocycles.